The summed E-state index contributed by atoms with van der Waals surface area (Å²) in [7, 11) is 0. The molecular formula is C15H12F3NO2. The minimum Gasteiger partial charge on any atom is -0.461 e. The van der Waals surface area contributed by atoms with Crippen molar-refractivity contribution in [3.63, 3.8) is 0 Å². The van der Waals surface area contributed by atoms with Gasteiger partial charge in [0.1, 0.15) is 11.3 Å². The van der Waals surface area contributed by atoms with Crippen LogP contribution in [0.25, 0.3) is 11.0 Å². The lowest BCUT2D eigenvalue weighted by molar-refractivity contribution is -0.137. The summed E-state index contributed by atoms with van der Waals surface area (Å²) in [4.78, 5) is 13.0. The second-order valence-electron chi connectivity index (χ2n) is 5.04. The molecular weight excluding hydrogens is 283 g/mol. The SMILES string of the molecule is C=CC(=O)N1CC(c2cc3ccc(C(F)(F)F)cc3o2)C1. The molecule has 0 unspecified atom stereocenters. The van der Waals surface area contributed by atoms with Crippen LogP contribution in [0.4, 0.5) is 13.2 Å². The highest BCUT2D eigenvalue weighted by atomic mass is 19.4. The number of likely N-dealkylation sites (tertiary alicyclic amines) is 1. The van der Waals surface area contributed by atoms with Crippen molar-refractivity contribution in [2.45, 2.75) is 12.1 Å². The fraction of sp³-hybridized carbons (Fsp3) is 0.267. The van der Waals surface area contributed by atoms with Gasteiger partial charge in [-0.05, 0) is 24.3 Å². The molecule has 1 saturated heterocycles. The fourth-order valence-corrected chi connectivity index (χ4v) is 2.40. The first-order chi connectivity index (χ1) is 9.88. The van der Waals surface area contributed by atoms with Gasteiger partial charge in [0.2, 0.25) is 5.91 Å². The summed E-state index contributed by atoms with van der Waals surface area (Å²) in [5, 5.41) is 0.631. The Hall–Kier alpha value is -2.24. The second kappa shape index (κ2) is 4.65. The Morgan fingerprint density at radius 1 is 1.33 bits per heavy atom. The van der Waals surface area contributed by atoms with Crippen molar-refractivity contribution in [1.82, 2.24) is 4.90 Å². The first-order valence-corrected chi connectivity index (χ1v) is 6.40. The van der Waals surface area contributed by atoms with Gasteiger partial charge in [-0.15, -0.1) is 0 Å². The van der Waals surface area contributed by atoms with E-state index in [-0.39, 0.29) is 17.4 Å². The van der Waals surface area contributed by atoms with Crippen molar-refractivity contribution in [2.24, 2.45) is 0 Å². The largest absolute Gasteiger partial charge is 0.461 e. The van der Waals surface area contributed by atoms with E-state index in [4.69, 9.17) is 4.42 Å². The first-order valence-electron chi connectivity index (χ1n) is 6.40. The van der Waals surface area contributed by atoms with Crippen molar-refractivity contribution < 1.29 is 22.4 Å². The lowest BCUT2D eigenvalue weighted by atomic mass is 9.97. The molecule has 0 saturated carbocycles. The van der Waals surface area contributed by atoms with Crippen LogP contribution in [0.3, 0.4) is 0 Å². The van der Waals surface area contributed by atoms with E-state index in [0.717, 1.165) is 12.1 Å². The third kappa shape index (κ3) is 2.41. The first kappa shape index (κ1) is 13.7. The molecule has 1 aliphatic heterocycles. The number of halogens is 3. The number of carbonyl (C=O) groups is 1. The van der Waals surface area contributed by atoms with Crippen LogP contribution >= 0.6 is 0 Å². The predicted octanol–water partition coefficient (Wildman–Crippen LogP) is 3.56. The second-order valence-corrected chi connectivity index (χ2v) is 5.04. The molecule has 2 heterocycles. The smallest absolute Gasteiger partial charge is 0.416 e. The Morgan fingerprint density at radius 2 is 2.05 bits per heavy atom. The number of benzene rings is 1. The Balaban J connectivity index is 1.83. The zero-order valence-electron chi connectivity index (χ0n) is 11.0. The number of hydrogen-bond acceptors (Lipinski definition) is 2. The lowest BCUT2D eigenvalue weighted by Gasteiger charge is -2.37. The number of carbonyl (C=O) groups excluding carboxylic acids is 1. The summed E-state index contributed by atoms with van der Waals surface area (Å²) in [5.41, 5.74) is -0.513. The van der Waals surface area contributed by atoms with Crippen LogP contribution in [0.2, 0.25) is 0 Å². The molecule has 1 fully saturated rings. The molecule has 21 heavy (non-hydrogen) atoms. The van der Waals surface area contributed by atoms with Crippen LogP contribution in [0.1, 0.15) is 17.2 Å². The summed E-state index contributed by atoms with van der Waals surface area (Å²) in [6.45, 7) is 4.40. The van der Waals surface area contributed by atoms with Gasteiger partial charge in [-0.25, -0.2) is 0 Å². The summed E-state index contributed by atoms with van der Waals surface area (Å²) >= 11 is 0. The molecule has 6 heteroatoms. The highest BCUT2D eigenvalue weighted by Crippen LogP contribution is 2.35. The Labute approximate surface area is 118 Å². The number of alkyl halides is 3. The van der Waals surface area contributed by atoms with Gasteiger partial charge in [0, 0.05) is 18.5 Å². The van der Waals surface area contributed by atoms with Crippen LogP contribution in [-0.2, 0) is 11.0 Å². The van der Waals surface area contributed by atoms with Crippen LogP contribution in [0.15, 0.2) is 41.3 Å². The number of fused-ring (bicyclic) bond motifs is 1. The monoisotopic (exact) mass is 295 g/mol. The van der Waals surface area contributed by atoms with E-state index in [1.807, 2.05) is 0 Å². The highest BCUT2D eigenvalue weighted by molar-refractivity contribution is 5.88. The van der Waals surface area contributed by atoms with Crippen LogP contribution < -0.4 is 0 Å². The maximum atomic E-state index is 12.6. The number of nitrogens with zero attached hydrogens (tertiary/aromatic N) is 1. The maximum absolute atomic E-state index is 12.6. The molecule has 0 radical (unpaired) electrons. The Bertz CT molecular complexity index is 711. The summed E-state index contributed by atoms with van der Waals surface area (Å²) in [5.74, 6) is 0.481. The molecule has 0 N–H and O–H groups in total. The van der Waals surface area contributed by atoms with E-state index < -0.39 is 11.7 Å². The minimum absolute atomic E-state index is 0.0237. The van der Waals surface area contributed by atoms with Crippen molar-refractivity contribution in [3.8, 4) is 0 Å². The third-order valence-corrected chi connectivity index (χ3v) is 3.64. The third-order valence-electron chi connectivity index (χ3n) is 3.64. The standard InChI is InChI=1S/C15H12F3NO2/c1-2-14(20)19-7-10(8-19)12-5-9-3-4-11(15(16,17)18)6-13(9)21-12/h2-6,10H,1,7-8H2. The molecule has 0 atom stereocenters. The van der Waals surface area contributed by atoms with Gasteiger partial charge in [-0.3, -0.25) is 4.79 Å². The van der Waals surface area contributed by atoms with Crippen molar-refractivity contribution in [1.29, 1.82) is 0 Å². The number of hydrogen-bond donors (Lipinski definition) is 0. The van der Waals surface area contributed by atoms with Crippen molar-refractivity contribution in [2.75, 3.05) is 13.1 Å². The van der Waals surface area contributed by atoms with E-state index in [9.17, 15) is 18.0 Å². The molecule has 1 aromatic carbocycles. The number of rotatable bonds is 2. The Morgan fingerprint density at radius 3 is 2.67 bits per heavy atom. The highest BCUT2D eigenvalue weighted by Gasteiger charge is 2.34. The average Bonchev–Trinajstić information content (AvgIpc) is 2.77. The molecule has 3 rings (SSSR count). The zero-order chi connectivity index (χ0) is 15.2. The van der Waals surface area contributed by atoms with Gasteiger partial charge in [0.25, 0.3) is 0 Å². The van der Waals surface area contributed by atoms with E-state index >= 15 is 0 Å². The molecule has 1 aliphatic rings. The molecule has 1 amide bonds. The van der Waals surface area contributed by atoms with Gasteiger partial charge in [-0.1, -0.05) is 12.6 Å². The molecule has 110 valence electrons. The number of amides is 1. The molecule has 0 aliphatic carbocycles. The van der Waals surface area contributed by atoms with Gasteiger partial charge < -0.3 is 9.32 Å². The molecule has 1 aromatic heterocycles. The van der Waals surface area contributed by atoms with E-state index in [2.05, 4.69) is 6.58 Å². The van der Waals surface area contributed by atoms with E-state index in [0.29, 0.717) is 24.2 Å². The Kier molecular flexibility index (Phi) is 3.04. The van der Waals surface area contributed by atoms with Gasteiger partial charge in [0.15, 0.2) is 0 Å². The minimum atomic E-state index is -4.38. The van der Waals surface area contributed by atoms with Gasteiger partial charge >= 0.3 is 6.18 Å². The fourth-order valence-electron chi connectivity index (χ4n) is 2.40. The van der Waals surface area contributed by atoms with E-state index in [1.165, 1.54) is 12.1 Å². The zero-order valence-corrected chi connectivity index (χ0v) is 11.0. The molecule has 0 bridgehead atoms. The van der Waals surface area contributed by atoms with Crippen molar-refractivity contribution in [3.05, 3.63) is 48.2 Å². The maximum Gasteiger partial charge on any atom is 0.416 e. The predicted molar refractivity (Wildman–Crippen MR) is 70.7 cm³/mol. The average molecular weight is 295 g/mol. The summed E-state index contributed by atoms with van der Waals surface area (Å²) < 4.78 is 43.4. The molecule has 0 spiro atoms. The summed E-state index contributed by atoms with van der Waals surface area (Å²) in [6.07, 6.45) is -3.14. The van der Waals surface area contributed by atoms with Crippen LogP contribution in [0.5, 0.6) is 0 Å². The van der Waals surface area contributed by atoms with Crippen LogP contribution in [0, 0.1) is 0 Å². The van der Waals surface area contributed by atoms with Crippen molar-refractivity contribution >= 4 is 16.9 Å². The number of furan rings is 1. The van der Waals surface area contributed by atoms with Crippen LogP contribution in [-0.4, -0.2) is 23.9 Å². The quantitative estimate of drug-likeness (QED) is 0.794. The van der Waals surface area contributed by atoms with Gasteiger partial charge in [0.05, 0.1) is 11.5 Å². The van der Waals surface area contributed by atoms with E-state index in [1.54, 1.807) is 11.0 Å². The molecule has 2 aromatic rings. The molecule has 3 nitrogen and oxygen atoms in total. The normalized spacial score (nSPS) is 16.0. The lowest BCUT2D eigenvalue weighted by Crippen LogP contribution is -2.47. The van der Waals surface area contributed by atoms with Gasteiger partial charge in [-0.2, -0.15) is 13.2 Å². The topological polar surface area (TPSA) is 33.5 Å². The summed E-state index contributed by atoms with van der Waals surface area (Å²) in [6, 6.07) is 5.17.